The topological polar surface area (TPSA) is 58.6 Å². The van der Waals surface area contributed by atoms with Gasteiger partial charge in [-0.1, -0.05) is 58.0 Å². The van der Waals surface area contributed by atoms with Crippen molar-refractivity contribution in [2.75, 3.05) is 18.9 Å². The van der Waals surface area contributed by atoms with Gasteiger partial charge in [-0.2, -0.15) is 0 Å². The molecule has 0 bridgehead atoms. The lowest BCUT2D eigenvalue weighted by Gasteiger charge is -2.23. The minimum atomic E-state index is -0.684. The van der Waals surface area contributed by atoms with Crippen molar-refractivity contribution in [1.82, 2.24) is 4.90 Å². The zero-order chi connectivity index (χ0) is 21.6. The number of benzene rings is 2. The van der Waals surface area contributed by atoms with Crippen molar-refractivity contribution in [2.45, 2.75) is 52.6 Å². The van der Waals surface area contributed by atoms with Gasteiger partial charge in [0.2, 0.25) is 5.91 Å². The van der Waals surface area contributed by atoms with Gasteiger partial charge in [0.25, 0.3) is 5.91 Å². The molecule has 0 radical (unpaired) electrons. The number of ether oxygens (including phenoxy) is 1. The predicted molar refractivity (Wildman–Crippen MR) is 117 cm³/mol. The average Bonchev–Trinajstić information content (AvgIpc) is 2.67. The number of carbonyl (C=O) groups excluding carboxylic acids is 2. The van der Waals surface area contributed by atoms with E-state index in [1.54, 1.807) is 14.0 Å². The number of anilines is 1. The Kier molecular flexibility index (Phi) is 7.43. The molecule has 5 nitrogen and oxygen atoms in total. The van der Waals surface area contributed by atoms with Crippen molar-refractivity contribution in [3.63, 3.8) is 0 Å². The van der Waals surface area contributed by atoms with Crippen LogP contribution in [0.4, 0.5) is 5.69 Å². The van der Waals surface area contributed by atoms with Crippen molar-refractivity contribution in [2.24, 2.45) is 0 Å². The Morgan fingerprint density at radius 2 is 1.69 bits per heavy atom. The molecule has 1 N–H and O–H groups in total. The molecule has 0 aliphatic heterocycles. The smallest absolute Gasteiger partial charge is 0.263 e. The Labute approximate surface area is 174 Å². The number of para-hydroxylation sites is 1. The van der Waals surface area contributed by atoms with Crippen LogP contribution in [0.15, 0.2) is 48.5 Å². The third-order valence-electron chi connectivity index (χ3n) is 4.81. The third kappa shape index (κ3) is 6.34. The molecule has 2 amide bonds. The molecule has 2 aromatic carbocycles. The van der Waals surface area contributed by atoms with Gasteiger partial charge >= 0.3 is 0 Å². The summed E-state index contributed by atoms with van der Waals surface area (Å²) in [7, 11) is 1.61. The molecule has 0 aliphatic rings. The highest BCUT2D eigenvalue weighted by Crippen LogP contribution is 2.24. The Hall–Kier alpha value is -2.82. The van der Waals surface area contributed by atoms with Crippen LogP contribution in [0.3, 0.4) is 0 Å². The molecule has 0 heterocycles. The third-order valence-corrected chi connectivity index (χ3v) is 4.81. The molecule has 156 valence electrons. The van der Waals surface area contributed by atoms with Crippen molar-refractivity contribution < 1.29 is 14.3 Å². The van der Waals surface area contributed by atoms with E-state index in [-0.39, 0.29) is 23.8 Å². The molecular formula is C24H32N2O3. The molecule has 0 aliphatic carbocycles. The lowest BCUT2D eigenvalue weighted by Crippen LogP contribution is -2.42. The predicted octanol–water partition coefficient (Wildman–Crippen LogP) is 4.41. The Morgan fingerprint density at radius 1 is 1.07 bits per heavy atom. The highest BCUT2D eigenvalue weighted by Gasteiger charge is 2.22. The summed E-state index contributed by atoms with van der Waals surface area (Å²) in [5, 5.41) is 2.88. The van der Waals surface area contributed by atoms with E-state index in [9.17, 15) is 9.59 Å². The van der Waals surface area contributed by atoms with Crippen LogP contribution in [0, 0.1) is 0 Å². The summed E-state index contributed by atoms with van der Waals surface area (Å²) in [5.41, 5.74) is 3.10. The number of likely N-dealkylation sites (N-methyl/N-ethyl adjacent to an activating group) is 1. The van der Waals surface area contributed by atoms with E-state index >= 15 is 0 Å². The zero-order valence-corrected chi connectivity index (χ0v) is 18.3. The Morgan fingerprint density at radius 3 is 2.28 bits per heavy atom. The van der Waals surface area contributed by atoms with Gasteiger partial charge in [0, 0.05) is 12.7 Å². The molecule has 0 saturated heterocycles. The van der Waals surface area contributed by atoms with E-state index in [1.165, 1.54) is 10.5 Å². The number of hydrogen-bond donors (Lipinski definition) is 1. The van der Waals surface area contributed by atoms with E-state index < -0.39 is 6.10 Å². The SMILES string of the molecule is CCc1ccccc1NC(=O)CN(C)C(=O)C(C)Oc1ccc(C(C)(C)C)cc1. The van der Waals surface area contributed by atoms with Crippen LogP contribution >= 0.6 is 0 Å². The molecule has 0 saturated carbocycles. The number of nitrogens with one attached hydrogen (secondary N) is 1. The first kappa shape index (κ1) is 22.5. The Balaban J connectivity index is 1.92. The van der Waals surface area contributed by atoms with Crippen molar-refractivity contribution in [3.05, 3.63) is 59.7 Å². The molecule has 1 unspecified atom stereocenters. The van der Waals surface area contributed by atoms with Crippen LogP contribution in [0.25, 0.3) is 0 Å². The van der Waals surface area contributed by atoms with Crippen LogP contribution in [-0.4, -0.2) is 36.4 Å². The van der Waals surface area contributed by atoms with Crippen LogP contribution in [0.1, 0.15) is 45.7 Å². The van der Waals surface area contributed by atoms with E-state index in [4.69, 9.17) is 4.74 Å². The second kappa shape index (κ2) is 9.59. The number of aryl methyl sites for hydroxylation is 1. The molecule has 5 heteroatoms. The number of amides is 2. The second-order valence-electron chi connectivity index (χ2n) is 8.29. The largest absolute Gasteiger partial charge is 0.481 e. The van der Waals surface area contributed by atoms with Crippen LogP contribution in [0.5, 0.6) is 5.75 Å². The molecule has 0 aromatic heterocycles. The zero-order valence-electron chi connectivity index (χ0n) is 18.3. The number of hydrogen-bond acceptors (Lipinski definition) is 3. The van der Waals surface area contributed by atoms with E-state index in [2.05, 4.69) is 26.1 Å². The maximum Gasteiger partial charge on any atom is 0.263 e. The van der Waals surface area contributed by atoms with Crippen LogP contribution < -0.4 is 10.1 Å². The fourth-order valence-electron chi connectivity index (χ4n) is 3.03. The van der Waals surface area contributed by atoms with Gasteiger partial charge in [0.1, 0.15) is 5.75 Å². The molecule has 0 fully saturated rings. The summed E-state index contributed by atoms with van der Waals surface area (Å²) in [6.07, 6.45) is 0.139. The number of rotatable bonds is 7. The van der Waals surface area contributed by atoms with Crippen molar-refractivity contribution >= 4 is 17.5 Å². The van der Waals surface area contributed by atoms with E-state index in [0.717, 1.165) is 17.7 Å². The fourth-order valence-corrected chi connectivity index (χ4v) is 3.03. The fraction of sp³-hybridized carbons (Fsp3) is 0.417. The number of nitrogens with zero attached hydrogens (tertiary/aromatic N) is 1. The first-order valence-corrected chi connectivity index (χ1v) is 10.0. The van der Waals surface area contributed by atoms with E-state index in [0.29, 0.717) is 5.75 Å². The second-order valence-corrected chi connectivity index (χ2v) is 8.29. The van der Waals surface area contributed by atoms with Gasteiger partial charge in [0.05, 0.1) is 6.54 Å². The normalized spacial score (nSPS) is 12.2. The van der Waals surface area contributed by atoms with E-state index in [1.807, 2.05) is 55.5 Å². The van der Waals surface area contributed by atoms with Crippen molar-refractivity contribution in [3.8, 4) is 5.75 Å². The summed E-state index contributed by atoms with van der Waals surface area (Å²) in [4.78, 5) is 26.4. The first-order valence-electron chi connectivity index (χ1n) is 10.0. The minimum absolute atomic E-state index is 0.0342. The summed E-state index contributed by atoms with van der Waals surface area (Å²) < 4.78 is 5.78. The highest BCUT2D eigenvalue weighted by molar-refractivity contribution is 5.95. The molecule has 29 heavy (non-hydrogen) atoms. The van der Waals surface area contributed by atoms with Gasteiger partial charge in [-0.3, -0.25) is 9.59 Å². The standard InChI is InChI=1S/C24H32N2O3/c1-7-18-10-8-9-11-21(18)25-22(27)16-26(6)23(28)17(2)29-20-14-12-19(13-15-20)24(3,4)5/h8-15,17H,7,16H2,1-6H3,(H,25,27). The first-order chi connectivity index (χ1) is 13.6. The molecule has 2 aromatic rings. The average molecular weight is 397 g/mol. The monoisotopic (exact) mass is 396 g/mol. The number of carbonyl (C=O) groups is 2. The maximum atomic E-state index is 12.6. The lowest BCUT2D eigenvalue weighted by molar-refractivity contribution is -0.139. The summed E-state index contributed by atoms with van der Waals surface area (Å²) >= 11 is 0. The van der Waals surface area contributed by atoms with Gasteiger partial charge < -0.3 is 15.0 Å². The van der Waals surface area contributed by atoms with Crippen molar-refractivity contribution in [1.29, 1.82) is 0 Å². The van der Waals surface area contributed by atoms with Gasteiger partial charge in [-0.05, 0) is 48.1 Å². The van der Waals surface area contributed by atoms with Crippen LogP contribution in [-0.2, 0) is 21.4 Å². The summed E-state index contributed by atoms with van der Waals surface area (Å²) in [6.45, 7) is 10.1. The minimum Gasteiger partial charge on any atom is -0.481 e. The van der Waals surface area contributed by atoms with Gasteiger partial charge in [-0.25, -0.2) is 0 Å². The van der Waals surface area contributed by atoms with Gasteiger partial charge in [0.15, 0.2) is 6.10 Å². The molecule has 0 spiro atoms. The van der Waals surface area contributed by atoms with Crippen LogP contribution in [0.2, 0.25) is 0 Å². The quantitative estimate of drug-likeness (QED) is 0.754. The summed E-state index contributed by atoms with van der Waals surface area (Å²) in [6, 6.07) is 15.4. The van der Waals surface area contributed by atoms with Gasteiger partial charge in [-0.15, -0.1) is 0 Å². The molecular weight excluding hydrogens is 364 g/mol. The summed E-state index contributed by atoms with van der Waals surface area (Å²) in [5.74, 6) is 0.154. The Bertz CT molecular complexity index is 838. The molecule has 2 rings (SSSR count). The molecule has 1 atom stereocenters. The lowest BCUT2D eigenvalue weighted by atomic mass is 9.87. The highest BCUT2D eigenvalue weighted by atomic mass is 16.5. The maximum absolute atomic E-state index is 12.6.